The predicted molar refractivity (Wildman–Crippen MR) is 84.7 cm³/mol. The van der Waals surface area contributed by atoms with E-state index >= 15 is 0 Å². The number of aromatic nitrogens is 1. The molecule has 0 saturated heterocycles. The van der Waals surface area contributed by atoms with Gasteiger partial charge in [-0.3, -0.25) is 4.79 Å². The van der Waals surface area contributed by atoms with Crippen LogP contribution < -0.4 is 10.1 Å². The van der Waals surface area contributed by atoms with Gasteiger partial charge in [0, 0.05) is 24.4 Å². The number of hydrogen-bond donors (Lipinski definition) is 1. The number of hydrogen-bond acceptors (Lipinski definition) is 3. The molecular formula is C18H18F2N2O2. The highest BCUT2D eigenvalue weighted by Gasteiger charge is 2.25. The summed E-state index contributed by atoms with van der Waals surface area (Å²) in [6.45, 7) is 0. The van der Waals surface area contributed by atoms with E-state index in [1.54, 1.807) is 6.20 Å². The van der Waals surface area contributed by atoms with Crippen LogP contribution >= 0.6 is 0 Å². The fraction of sp³-hybridized carbons (Fsp3) is 0.333. The molecule has 3 rings (SSSR count). The molecule has 4 nitrogen and oxygen atoms in total. The van der Waals surface area contributed by atoms with E-state index in [1.165, 1.54) is 0 Å². The van der Waals surface area contributed by atoms with E-state index in [0.29, 0.717) is 11.9 Å². The van der Waals surface area contributed by atoms with Crippen molar-refractivity contribution in [3.63, 3.8) is 0 Å². The first kappa shape index (κ1) is 16.4. The smallest absolute Gasteiger partial charge is 0.254 e. The molecule has 0 radical (unpaired) electrons. The molecule has 1 fully saturated rings. The van der Waals surface area contributed by atoms with Gasteiger partial charge < -0.3 is 10.1 Å². The van der Waals surface area contributed by atoms with E-state index in [4.69, 9.17) is 4.74 Å². The average molecular weight is 332 g/mol. The van der Waals surface area contributed by atoms with Gasteiger partial charge in [0.05, 0.1) is 5.56 Å². The lowest BCUT2D eigenvalue weighted by Gasteiger charge is -2.29. The molecule has 1 heterocycles. The zero-order chi connectivity index (χ0) is 16.9. The van der Waals surface area contributed by atoms with Gasteiger partial charge in [-0.2, -0.15) is 0 Å². The van der Waals surface area contributed by atoms with Gasteiger partial charge in [-0.1, -0.05) is 6.07 Å². The van der Waals surface area contributed by atoms with Crippen molar-refractivity contribution in [2.45, 2.75) is 37.8 Å². The molecular weight excluding hydrogens is 314 g/mol. The van der Waals surface area contributed by atoms with Crippen molar-refractivity contribution in [3.05, 3.63) is 59.8 Å². The van der Waals surface area contributed by atoms with Gasteiger partial charge in [0.15, 0.2) is 0 Å². The Labute approximate surface area is 138 Å². The summed E-state index contributed by atoms with van der Waals surface area (Å²) in [4.78, 5) is 16.2. The van der Waals surface area contributed by atoms with Crippen molar-refractivity contribution >= 4 is 5.91 Å². The number of carbonyl (C=O) groups excluding carboxylic acids is 1. The first-order valence-corrected chi connectivity index (χ1v) is 7.95. The van der Waals surface area contributed by atoms with Crippen LogP contribution in [-0.2, 0) is 0 Å². The van der Waals surface area contributed by atoms with E-state index in [2.05, 4.69) is 10.3 Å². The fourth-order valence-corrected chi connectivity index (χ4v) is 2.85. The third kappa shape index (κ3) is 4.07. The first-order chi connectivity index (χ1) is 11.6. The van der Waals surface area contributed by atoms with Crippen LogP contribution in [0.25, 0.3) is 0 Å². The number of amides is 1. The molecule has 1 aliphatic carbocycles. The molecule has 6 heteroatoms. The molecule has 1 aliphatic rings. The lowest BCUT2D eigenvalue weighted by Crippen LogP contribution is -2.40. The number of pyridine rings is 1. The number of nitrogens with one attached hydrogen (secondary N) is 1. The second-order valence-electron chi connectivity index (χ2n) is 5.86. The molecule has 1 aromatic carbocycles. The number of ether oxygens (including phenoxy) is 1. The molecule has 0 unspecified atom stereocenters. The summed E-state index contributed by atoms with van der Waals surface area (Å²) < 4.78 is 32.3. The van der Waals surface area contributed by atoms with Crippen LogP contribution in [0, 0.1) is 11.6 Å². The quantitative estimate of drug-likeness (QED) is 0.932. The third-order valence-electron chi connectivity index (χ3n) is 4.11. The third-order valence-corrected chi connectivity index (χ3v) is 4.11. The van der Waals surface area contributed by atoms with Gasteiger partial charge in [-0.25, -0.2) is 13.8 Å². The summed E-state index contributed by atoms with van der Waals surface area (Å²) in [5.74, 6) is -1.46. The summed E-state index contributed by atoms with van der Waals surface area (Å²) in [7, 11) is 0. The Morgan fingerprint density at radius 1 is 1.12 bits per heavy atom. The number of halogens is 2. The Morgan fingerprint density at radius 2 is 1.92 bits per heavy atom. The normalized spacial score (nSPS) is 20.4. The minimum atomic E-state index is -0.848. The SMILES string of the molecule is O=C(NC1CCC(Oc2ccccn2)CC1)c1ccc(F)cc1F. The van der Waals surface area contributed by atoms with E-state index in [0.717, 1.165) is 37.8 Å². The van der Waals surface area contributed by atoms with Crippen molar-refractivity contribution in [2.24, 2.45) is 0 Å². The highest BCUT2D eigenvalue weighted by Crippen LogP contribution is 2.23. The van der Waals surface area contributed by atoms with Crippen LogP contribution in [0.1, 0.15) is 36.0 Å². The Kier molecular flexibility index (Phi) is 5.03. The fourth-order valence-electron chi connectivity index (χ4n) is 2.85. The Hall–Kier alpha value is -2.50. The highest BCUT2D eigenvalue weighted by atomic mass is 19.1. The predicted octanol–water partition coefficient (Wildman–Crippen LogP) is 3.48. The number of benzene rings is 1. The summed E-state index contributed by atoms with van der Waals surface area (Å²) in [6.07, 6.45) is 4.80. The topological polar surface area (TPSA) is 51.2 Å². The number of nitrogens with zero attached hydrogens (tertiary/aromatic N) is 1. The summed E-state index contributed by atoms with van der Waals surface area (Å²) in [5, 5.41) is 2.81. The molecule has 2 aromatic rings. The maximum Gasteiger partial charge on any atom is 0.254 e. The van der Waals surface area contributed by atoms with Gasteiger partial charge in [0.2, 0.25) is 5.88 Å². The molecule has 0 bridgehead atoms. The molecule has 1 amide bonds. The summed E-state index contributed by atoms with van der Waals surface area (Å²) in [5.41, 5.74) is -0.136. The van der Waals surface area contributed by atoms with Crippen LogP contribution in [-0.4, -0.2) is 23.0 Å². The van der Waals surface area contributed by atoms with E-state index < -0.39 is 17.5 Å². The first-order valence-electron chi connectivity index (χ1n) is 7.95. The summed E-state index contributed by atoms with van der Waals surface area (Å²) >= 11 is 0. The zero-order valence-corrected chi connectivity index (χ0v) is 13.0. The van der Waals surface area contributed by atoms with Crippen molar-refractivity contribution in [1.29, 1.82) is 0 Å². The van der Waals surface area contributed by atoms with Crippen molar-refractivity contribution in [1.82, 2.24) is 10.3 Å². The second-order valence-corrected chi connectivity index (χ2v) is 5.86. The largest absolute Gasteiger partial charge is 0.474 e. The maximum absolute atomic E-state index is 13.6. The minimum Gasteiger partial charge on any atom is -0.474 e. The molecule has 1 saturated carbocycles. The van der Waals surface area contributed by atoms with Crippen LogP contribution in [0.4, 0.5) is 8.78 Å². The van der Waals surface area contributed by atoms with Gasteiger partial charge in [0.25, 0.3) is 5.91 Å². The molecule has 126 valence electrons. The van der Waals surface area contributed by atoms with Crippen LogP contribution in [0.2, 0.25) is 0 Å². The lowest BCUT2D eigenvalue weighted by atomic mass is 9.92. The van der Waals surface area contributed by atoms with Gasteiger partial charge in [-0.05, 0) is 43.9 Å². The van der Waals surface area contributed by atoms with Crippen molar-refractivity contribution in [2.75, 3.05) is 0 Å². The molecule has 1 N–H and O–H groups in total. The molecule has 1 aromatic heterocycles. The second kappa shape index (κ2) is 7.38. The van der Waals surface area contributed by atoms with Crippen LogP contribution in [0.5, 0.6) is 5.88 Å². The monoisotopic (exact) mass is 332 g/mol. The highest BCUT2D eigenvalue weighted by molar-refractivity contribution is 5.94. The molecule has 0 atom stereocenters. The Bertz CT molecular complexity index is 701. The summed E-state index contributed by atoms with van der Waals surface area (Å²) in [6, 6.07) is 8.42. The van der Waals surface area contributed by atoms with Crippen molar-refractivity contribution in [3.8, 4) is 5.88 Å². The van der Waals surface area contributed by atoms with Crippen LogP contribution in [0.15, 0.2) is 42.6 Å². The van der Waals surface area contributed by atoms with E-state index in [9.17, 15) is 13.6 Å². The molecule has 0 aliphatic heterocycles. The molecule has 0 spiro atoms. The lowest BCUT2D eigenvalue weighted by molar-refractivity contribution is 0.0886. The zero-order valence-electron chi connectivity index (χ0n) is 13.0. The number of carbonyl (C=O) groups is 1. The standard InChI is InChI=1S/C18H18F2N2O2/c19-12-4-9-15(16(20)11-12)18(23)22-13-5-7-14(8-6-13)24-17-3-1-2-10-21-17/h1-4,9-11,13-14H,5-8H2,(H,22,23). The van der Waals surface area contributed by atoms with Gasteiger partial charge in [-0.15, -0.1) is 0 Å². The van der Waals surface area contributed by atoms with E-state index in [-0.39, 0.29) is 17.7 Å². The van der Waals surface area contributed by atoms with Crippen molar-refractivity contribution < 1.29 is 18.3 Å². The Balaban J connectivity index is 1.51. The Morgan fingerprint density at radius 3 is 2.58 bits per heavy atom. The van der Waals surface area contributed by atoms with Gasteiger partial charge in [0.1, 0.15) is 17.7 Å². The number of rotatable bonds is 4. The van der Waals surface area contributed by atoms with Gasteiger partial charge >= 0.3 is 0 Å². The maximum atomic E-state index is 13.6. The minimum absolute atomic E-state index is 0.0365. The van der Waals surface area contributed by atoms with E-state index in [1.807, 2.05) is 18.2 Å². The molecule has 24 heavy (non-hydrogen) atoms. The average Bonchev–Trinajstić information content (AvgIpc) is 2.57. The van der Waals surface area contributed by atoms with Crippen LogP contribution in [0.3, 0.4) is 0 Å².